The largest absolute Gasteiger partial charge is 0.756 e. The first-order valence-electron chi connectivity index (χ1n) is 33.9. The molecule has 2 unspecified atom stereocenters. The minimum absolute atomic E-state index is 0.0358. The van der Waals surface area contributed by atoms with Crippen LogP contribution in [-0.4, -0.2) is 70.0 Å². The fourth-order valence-electron chi connectivity index (χ4n) is 9.40. The fourth-order valence-corrected chi connectivity index (χ4v) is 10.1. The Bertz CT molecular complexity index is 1710. The molecule has 0 aromatic heterocycles. The van der Waals surface area contributed by atoms with Crippen molar-refractivity contribution in [2.24, 2.45) is 0 Å². The van der Waals surface area contributed by atoms with E-state index in [9.17, 15) is 19.0 Å². The molecule has 0 N–H and O–H groups in total. The molecule has 2 atom stereocenters. The zero-order valence-electron chi connectivity index (χ0n) is 53.9. The number of likely N-dealkylation sites (N-methyl/N-ethyl adjacent to an activating group) is 1. The van der Waals surface area contributed by atoms with Crippen molar-refractivity contribution in [3.05, 3.63) is 97.2 Å². The molecule has 0 saturated heterocycles. The van der Waals surface area contributed by atoms with Gasteiger partial charge in [0.1, 0.15) is 19.8 Å². The number of phosphoric ester groups is 1. The Hall–Kier alpha value is -3.07. The molecule has 82 heavy (non-hydrogen) atoms. The van der Waals surface area contributed by atoms with Crippen LogP contribution in [0.15, 0.2) is 97.2 Å². The monoisotopic (exact) mass is 1170 g/mol. The molecule has 0 aliphatic rings. The lowest BCUT2D eigenvalue weighted by molar-refractivity contribution is -0.870. The fraction of sp³-hybridized carbons (Fsp3) is 0.750. The third kappa shape index (κ3) is 66.1. The minimum Gasteiger partial charge on any atom is -0.756 e. The van der Waals surface area contributed by atoms with Gasteiger partial charge in [-0.05, 0) is 96.3 Å². The van der Waals surface area contributed by atoms with Gasteiger partial charge >= 0.3 is 11.9 Å². The molecule has 0 saturated carbocycles. The minimum atomic E-state index is -4.65. The summed E-state index contributed by atoms with van der Waals surface area (Å²) >= 11 is 0. The first-order chi connectivity index (χ1) is 40.0. The van der Waals surface area contributed by atoms with Crippen LogP contribution in [0.3, 0.4) is 0 Å². The maximum absolute atomic E-state index is 12.8. The second-order valence-corrected chi connectivity index (χ2v) is 25.2. The molecule has 0 aromatic carbocycles. The summed E-state index contributed by atoms with van der Waals surface area (Å²) in [5.41, 5.74) is 0. The molecule has 0 amide bonds. The molecule has 9 nitrogen and oxygen atoms in total. The van der Waals surface area contributed by atoms with Gasteiger partial charge in [0.2, 0.25) is 0 Å². The lowest BCUT2D eigenvalue weighted by Crippen LogP contribution is -2.37. The summed E-state index contributed by atoms with van der Waals surface area (Å²) in [6, 6.07) is 0. The topological polar surface area (TPSA) is 111 Å². The molecule has 0 aromatic rings. The van der Waals surface area contributed by atoms with Crippen molar-refractivity contribution in [1.29, 1.82) is 0 Å². The Morgan fingerprint density at radius 2 is 0.695 bits per heavy atom. The molecule has 0 aliphatic heterocycles. The number of carbonyl (C=O) groups is 2. The van der Waals surface area contributed by atoms with Gasteiger partial charge in [-0.25, -0.2) is 0 Å². The molecule has 0 spiro atoms. The van der Waals surface area contributed by atoms with Crippen LogP contribution >= 0.6 is 7.82 Å². The molecular formula is C72H128NO8P. The summed E-state index contributed by atoms with van der Waals surface area (Å²) in [5, 5.41) is 0. The predicted octanol–water partition coefficient (Wildman–Crippen LogP) is 21.3. The van der Waals surface area contributed by atoms with Crippen LogP contribution in [0.2, 0.25) is 0 Å². The Labute approximate surface area is 506 Å². The number of allylic oxidation sites excluding steroid dienone is 16. The molecular weight excluding hydrogens is 1040 g/mol. The van der Waals surface area contributed by atoms with Gasteiger partial charge in [-0.2, -0.15) is 0 Å². The number of unbranched alkanes of at least 4 members (excludes halogenated alkanes) is 32. The Morgan fingerprint density at radius 3 is 1.04 bits per heavy atom. The molecule has 0 heterocycles. The SMILES string of the molecule is CC/C=C\C/C=C\C/C=C\C/C=C\C/C=C\C/C=C\CCCCCCCCCCC(=O)OC(COC(=O)CCCCCCCCCCCCCCCCCCCCC/C=C\C/C=C\CCCCCCC)COP(=O)([O-])OCC[N+](C)(C)C. The predicted molar refractivity (Wildman–Crippen MR) is 351 cm³/mol. The van der Waals surface area contributed by atoms with Crippen molar-refractivity contribution < 1.29 is 42.1 Å². The van der Waals surface area contributed by atoms with Crippen LogP contribution in [0.5, 0.6) is 0 Å². The van der Waals surface area contributed by atoms with E-state index in [1.54, 1.807) is 0 Å². The first-order valence-corrected chi connectivity index (χ1v) is 35.4. The molecule has 0 fully saturated rings. The van der Waals surface area contributed by atoms with Crippen LogP contribution in [0, 0.1) is 0 Å². The number of esters is 2. The van der Waals surface area contributed by atoms with E-state index in [0.29, 0.717) is 17.4 Å². The number of quaternary nitrogens is 1. The molecule has 0 aliphatic carbocycles. The normalized spacial score (nSPS) is 13.8. The highest BCUT2D eigenvalue weighted by atomic mass is 31.2. The van der Waals surface area contributed by atoms with Crippen LogP contribution in [0.25, 0.3) is 0 Å². The van der Waals surface area contributed by atoms with Gasteiger partial charge in [0, 0.05) is 12.8 Å². The maximum atomic E-state index is 12.8. The maximum Gasteiger partial charge on any atom is 0.306 e. The second-order valence-electron chi connectivity index (χ2n) is 23.8. The van der Waals surface area contributed by atoms with Crippen LogP contribution in [0.1, 0.15) is 296 Å². The molecule has 0 bridgehead atoms. The standard InChI is InChI=1S/C72H128NO8P/c1-6-8-10-12-14-16-18-20-22-24-26-28-30-32-34-35-36-37-39-40-42-44-46-48-50-52-54-56-58-60-62-64-71(74)78-68-70(69-80-82(76,77)79-67-66-73(3,4)5)81-72(75)65-63-61-59-57-55-53-51-49-47-45-43-41-38-33-31-29-27-25-23-21-19-17-15-13-11-9-7-2/h9,11,15,17-18,20-21,23-24,26-27,29,33,38,43,45,70H,6-8,10,12-14,16,19,22,25,28,30-32,34-37,39-42,44,46-69H2,1-5H3/b11-9-,17-15-,20-18-,23-21-,26-24-,29-27-,38-33-,45-43-. The molecule has 10 heteroatoms. The van der Waals surface area contributed by atoms with E-state index < -0.39 is 26.5 Å². The summed E-state index contributed by atoms with van der Waals surface area (Å²) in [6.07, 6.45) is 86.2. The van der Waals surface area contributed by atoms with E-state index in [-0.39, 0.29) is 32.0 Å². The number of carbonyl (C=O) groups excluding carboxylic acids is 2. The second kappa shape index (κ2) is 62.5. The van der Waals surface area contributed by atoms with Crippen LogP contribution < -0.4 is 4.89 Å². The summed E-state index contributed by atoms with van der Waals surface area (Å²) in [6.45, 7) is 4.13. The zero-order valence-corrected chi connectivity index (χ0v) is 54.8. The quantitative estimate of drug-likeness (QED) is 0.0195. The van der Waals surface area contributed by atoms with E-state index in [4.69, 9.17) is 18.5 Å². The first kappa shape index (κ1) is 78.9. The average molecular weight is 1170 g/mol. The smallest absolute Gasteiger partial charge is 0.306 e. The number of hydrogen-bond acceptors (Lipinski definition) is 8. The van der Waals surface area contributed by atoms with Crippen molar-refractivity contribution in [2.45, 2.75) is 302 Å². The average Bonchev–Trinajstić information content (AvgIpc) is 3.46. The Kier molecular flexibility index (Phi) is 60.1. The van der Waals surface area contributed by atoms with Crippen molar-refractivity contribution in [2.75, 3.05) is 47.5 Å². The van der Waals surface area contributed by atoms with Gasteiger partial charge in [0.15, 0.2) is 6.10 Å². The number of ether oxygens (including phenoxy) is 2. The van der Waals surface area contributed by atoms with E-state index in [1.807, 2.05) is 21.1 Å². The summed E-state index contributed by atoms with van der Waals surface area (Å²) in [4.78, 5) is 38.0. The highest BCUT2D eigenvalue weighted by Gasteiger charge is 2.22. The highest BCUT2D eigenvalue weighted by Crippen LogP contribution is 2.38. The highest BCUT2D eigenvalue weighted by molar-refractivity contribution is 7.45. The Morgan fingerprint density at radius 1 is 0.390 bits per heavy atom. The number of rotatable bonds is 62. The molecule has 474 valence electrons. The lowest BCUT2D eigenvalue weighted by Gasteiger charge is -2.28. The lowest BCUT2D eigenvalue weighted by atomic mass is 10.0. The number of nitrogens with zero attached hydrogens (tertiary/aromatic N) is 1. The van der Waals surface area contributed by atoms with Crippen LogP contribution in [0.4, 0.5) is 0 Å². The van der Waals surface area contributed by atoms with E-state index in [0.717, 1.165) is 89.9 Å². The third-order valence-corrected chi connectivity index (χ3v) is 15.6. The van der Waals surface area contributed by atoms with Gasteiger partial charge in [-0.3, -0.25) is 14.2 Å². The summed E-state index contributed by atoms with van der Waals surface area (Å²) < 4.78 is 34.3. The zero-order chi connectivity index (χ0) is 59.8. The van der Waals surface area contributed by atoms with E-state index in [1.165, 1.54) is 173 Å². The van der Waals surface area contributed by atoms with Gasteiger partial charge in [0.25, 0.3) is 7.82 Å². The Balaban J connectivity index is 4.08. The van der Waals surface area contributed by atoms with E-state index in [2.05, 4.69) is 111 Å². The number of hydrogen-bond donors (Lipinski definition) is 0. The van der Waals surface area contributed by atoms with E-state index >= 15 is 0 Å². The van der Waals surface area contributed by atoms with Crippen molar-refractivity contribution in [1.82, 2.24) is 0 Å². The van der Waals surface area contributed by atoms with Gasteiger partial charge in [-0.15, -0.1) is 0 Å². The summed E-state index contributed by atoms with van der Waals surface area (Å²) in [5.74, 6) is -0.837. The van der Waals surface area contributed by atoms with Crippen molar-refractivity contribution >= 4 is 19.8 Å². The van der Waals surface area contributed by atoms with Crippen LogP contribution in [-0.2, 0) is 32.7 Å². The van der Waals surface area contributed by atoms with Gasteiger partial charge in [-0.1, -0.05) is 284 Å². The van der Waals surface area contributed by atoms with Crippen molar-refractivity contribution in [3.8, 4) is 0 Å². The molecule has 0 radical (unpaired) electrons. The number of phosphoric acid groups is 1. The van der Waals surface area contributed by atoms with Gasteiger partial charge < -0.3 is 27.9 Å². The summed E-state index contributed by atoms with van der Waals surface area (Å²) in [7, 11) is 1.16. The van der Waals surface area contributed by atoms with Crippen molar-refractivity contribution in [3.63, 3.8) is 0 Å². The third-order valence-electron chi connectivity index (χ3n) is 14.6. The molecule has 0 rings (SSSR count). The van der Waals surface area contributed by atoms with Gasteiger partial charge in [0.05, 0.1) is 27.7 Å².